The van der Waals surface area contributed by atoms with Crippen LogP contribution < -0.4 is 10.9 Å². The zero-order chi connectivity index (χ0) is 14.0. The van der Waals surface area contributed by atoms with Gasteiger partial charge in [-0.05, 0) is 27.7 Å². The van der Waals surface area contributed by atoms with E-state index in [-0.39, 0.29) is 13.2 Å². The Morgan fingerprint density at radius 3 is 1.50 bits per heavy atom. The average Bonchev–Trinajstić information content (AvgIpc) is 2.33. The number of amides is 2. The van der Waals surface area contributed by atoms with Gasteiger partial charge in [0.05, 0.1) is 24.6 Å². The molecule has 0 aliphatic rings. The van der Waals surface area contributed by atoms with Gasteiger partial charge in [-0.3, -0.25) is 0 Å². The highest BCUT2D eigenvalue weighted by molar-refractivity contribution is 6.40. The van der Waals surface area contributed by atoms with Gasteiger partial charge in [-0.25, -0.2) is 20.4 Å². The van der Waals surface area contributed by atoms with Crippen molar-refractivity contribution in [1.82, 2.24) is 10.9 Å². The van der Waals surface area contributed by atoms with E-state index in [1.54, 1.807) is 27.7 Å². The number of hydrogen-bond donors (Lipinski definition) is 2. The lowest BCUT2D eigenvalue weighted by Gasteiger charge is -2.03. The fourth-order valence-corrected chi connectivity index (χ4v) is 0.748. The standard InChI is InChI=1S/C10H18N4O4/c1-5-17-9(15)13-11-7(3)8(4)12-14-10(16)18-6-2/h5-6H2,1-4H3,(H,13,15)(H,14,16)/b11-7-,12-8-. The summed E-state index contributed by atoms with van der Waals surface area (Å²) in [5.74, 6) is 0. The Labute approximate surface area is 105 Å². The van der Waals surface area contributed by atoms with E-state index in [0.29, 0.717) is 11.4 Å². The van der Waals surface area contributed by atoms with Crippen molar-refractivity contribution in [2.45, 2.75) is 27.7 Å². The van der Waals surface area contributed by atoms with Gasteiger partial charge in [0.15, 0.2) is 0 Å². The van der Waals surface area contributed by atoms with Crippen LogP contribution in [0.3, 0.4) is 0 Å². The van der Waals surface area contributed by atoms with Crippen LogP contribution in [-0.4, -0.2) is 36.8 Å². The van der Waals surface area contributed by atoms with Crippen LogP contribution in [0.4, 0.5) is 9.59 Å². The Kier molecular flexibility index (Phi) is 7.91. The van der Waals surface area contributed by atoms with Gasteiger partial charge < -0.3 is 9.47 Å². The summed E-state index contributed by atoms with van der Waals surface area (Å²) in [6.45, 7) is 7.14. The second kappa shape index (κ2) is 8.97. The zero-order valence-electron chi connectivity index (χ0n) is 10.9. The number of nitrogens with one attached hydrogen (secondary N) is 2. The molecule has 8 heteroatoms. The first-order chi connectivity index (χ1) is 8.51. The first-order valence-electron chi connectivity index (χ1n) is 5.45. The predicted molar refractivity (Wildman–Crippen MR) is 66.5 cm³/mol. The molecule has 0 fully saturated rings. The van der Waals surface area contributed by atoms with Crippen LogP contribution in [0.25, 0.3) is 0 Å². The summed E-state index contributed by atoms with van der Waals surface area (Å²) in [5.41, 5.74) is 5.22. The van der Waals surface area contributed by atoms with Crippen LogP contribution >= 0.6 is 0 Å². The minimum absolute atomic E-state index is 0.262. The summed E-state index contributed by atoms with van der Waals surface area (Å²) in [6.07, 6.45) is -1.30. The number of rotatable bonds is 5. The summed E-state index contributed by atoms with van der Waals surface area (Å²) in [4.78, 5) is 21.9. The minimum atomic E-state index is -0.650. The maximum absolute atomic E-state index is 11.0. The van der Waals surface area contributed by atoms with E-state index < -0.39 is 12.2 Å². The lowest BCUT2D eigenvalue weighted by molar-refractivity contribution is 0.151. The maximum Gasteiger partial charge on any atom is 0.427 e. The average molecular weight is 258 g/mol. The molecule has 0 radical (unpaired) electrons. The van der Waals surface area contributed by atoms with Crippen molar-refractivity contribution in [2.24, 2.45) is 10.2 Å². The van der Waals surface area contributed by atoms with E-state index in [1.165, 1.54) is 0 Å². The molecule has 0 aliphatic heterocycles. The van der Waals surface area contributed by atoms with Gasteiger partial charge in [-0.1, -0.05) is 0 Å². The Bertz CT molecular complexity index is 318. The largest absolute Gasteiger partial charge is 0.449 e. The Morgan fingerprint density at radius 2 is 1.22 bits per heavy atom. The van der Waals surface area contributed by atoms with E-state index >= 15 is 0 Å². The molecule has 0 bridgehead atoms. The lowest BCUT2D eigenvalue weighted by atomic mass is 10.3. The van der Waals surface area contributed by atoms with Crippen LogP contribution in [0.1, 0.15) is 27.7 Å². The van der Waals surface area contributed by atoms with E-state index in [0.717, 1.165) is 0 Å². The second-order valence-electron chi connectivity index (χ2n) is 3.06. The predicted octanol–water partition coefficient (Wildman–Crippen LogP) is 1.23. The topological polar surface area (TPSA) is 101 Å². The van der Waals surface area contributed by atoms with Crippen molar-refractivity contribution in [3.8, 4) is 0 Å². The Balaban J connectivity index is 4.26. The number of ether oxygens (including phenoxy) is 2. The van der Waals surface area contributed by atoms with Crippen LogP contribution in [0.2, 0.25) is 0 Å². The summed E-state index contributed by atoms with van der Waals surface area (Å²) >= 11 is 0. The van der Waals surface area contributed by atoms with E-state index in [9.17, 15) is 9.59 Å². The van der Waals surface area contributed by atoms with Crippen LogP contribution in [0, 0.1) is 0 Å². The first-order valence-corrected chi connectivity index (χ1v) is 5.45. The van der Waals surface area contributed by atoms with Crippen LogP contribution in [-0.2, 0) is 9.47 Å². The molecule has 0 saturated heterocycles. The monoisotopic (exact) mass is 258 g/mol. The fraction of sp³-hybridized carbons (Fsp3) is 0.600. The van der Waals surface area contributed by atoms with Crippen molar-refractivity contribution in [1.29, 1.82) is 0 Å². The molecule has 0 rings (SSSR count). The molecule has 0 atom stereocenters. The van der Waals surface area contributed by atoms with Crippen LogP contribution in [0.5, 0.6) is 0 Å². The van der Waals surface area contributed by atoms with Gasteiger partial charge in [-0.2, -0.15) is 10.2 Å². The van der Waals surface area contributed by atoms with Gasteiger partial charge in [0, 0.05) is 0 Å². The van der Waals surface area contributed by atoms with Crippen molar-refractivity contribution < 1.29 is 19.1 Å². The van der Waals surface area contributed by atoms with Crippen LogP contribution in [0.15, 0.2) is 10.2 Å². The smallest absolute Gasteiger partial charge is 0.427 e. The molecule has 0 spiro atoms. The normalized spacial score (nSPS) is 11.8. The highest BCUT2D eigenvalue weighted by Crippen LogP contribution is 1.85. The van der Waals surface area contributed by atoms with E-state index in [1.807, 2.05) is 0 Å². The quantitative estimate of drug-likeness (QED) is 0.572. The maximum atomic E-state index is 11.0. The molecule has 2 amide bonds. The highest BCUT2D eigenvalue weighted by Gasteiger charge is 2.02. The summed E-state index contributed by atoms with van der Waals surface area (Å²) < 4.78 is 9.23. The third-order valence-electron chi connectivity index (χ3n) is 1.70. The number of nitrogens with zero attached hydrogens (tertiary/aromatic N) is 2. The zero-order valence-corrected chi connectivity index (χ0v) is 10.9. The second-order valence-corrected chi connectivity index (χ2v) is 3.06. The SMILES string of the molecule is CCOC(=O)N/N=C(C)\C(C)=N/NC(=O)OCC. The summed E-state index contributed by atoms with van der Waals surface area (Å²) in [7, 11) is 0. The van der Waals surface area contributed by atoms with Crippen molar-refractivity contribution in [3.63, 3.8) is 0 Å². The molecule has 0 saturated carbocycles. The number of carbonyl (C=O) groups is 2. The molecule has 0 heterocycles. The molecule has 0 unspecified atom stereocenters. The van der Waals surface area contributed by atoms with Gasteiger partial charge in [-0.15, -0.1) is 0 Å². The molecular weight excluding hydrogens is 240 g/mol. The van der Waals surface area contributed by atoms with Crippen molar-refractivity contribution >= 4 is 23.6 Å². The number of hydrogen-bond acceptors (Lipinski definition) is 6. The molecule has 0 aromatic heterocycles. The first kappa shape index (κ1) is 15.9. The summed E-state index contributed by atoms with van der Waals surface area (Å²) in [5, 5.41) is 7.47. The van der Waals surface area contributed by atoms with Gasteiger partial charge >= 0.3 is 12.2 Å². The number of carbonyl (C=O) groups excluding carboxylic acids is 2. The van der Waals surface area contributed by atoms with Crippen molar-refractivity contribution in [2.75, 3.05) is 13.2 Å². The molecule has 0 aliphatic carbocycles. The van der Waals surface area contributed by atoms with Crippen molar-refractivity contribution in [3.05, 3.63) is 0 Å². The molecule has 2 N–H and O–H groups in total. The molecular formula is C10H18N4O4. The molecule has 0 aromatic carbocycles. The summed E-state index contributed by atoms with van der Waals surface area (Å²) in [6, 6.07) is 0. The highest BCUT2D eigenvalue weighted by atomic mass is 16.6. The van der Waals surface area contributed by atoms with Gasteiger partial charge in [0.25, 0.3) is 0 Å². The molecule has 0 aromatic rings. The van der Waals surface area contributed by atoms with Gasteiger partial charge in [0.1, 0.15) is 0 Å². The van der Waals surface area contributed by atoms with E-state index in [2.05, 4.69) is 30.5 Å². The fourth-order valence-electron chi connectivity index (χ4n) is 0.748. The Morgan fingerprint density at radius 1 is 0.889 bits per heavy atom. The molecule has 8 nitrogen and oxygen atoms in total. The van der Waals surface area contributed by atoms with Gasteiger partial charge in [0.2, 0.25) is 0 Å². The number of hydrazone groups is 2. The third-order valence-corrected chi connectivity index (χ3v) is 1.70. The molecule has 18 heavy (non-hydrogen) atoms. The molecule has 102 valence electrons. The lowest BCUT2D eigenvalue weighted by Crippen LogP contribution is -2.24. The van der Waals surface area contributed by atoms with E-state index in [4.69, 9.17) is 0 Å². The Hall–Kier alpha value is -2.12. The minimum Gasteiger partial charge on any atom is -0.449 e. The third kappa shape index (κ3) is 7.20.